The summed E-state index contributed by atoms with van der Waals surface area (Å²) in [6, 6.07) is 7.71. The molecular weight excluding hydrogens is 304 g/mol. The molecule has 1 saturated carbocycles. The number of hydrogen-bond donors (Lipinski definition) is 2. The number of para-hydroxylation sites is 1. The lowest BCUT2D eigenvalue weighted by molar-refractivity contribution is -0.117. The molecule has 1 aliphatic rings. The molecule has 104 valence electrons. The summed E-state index contributed by atoms with van der Waals surface area (Å²) in [5.74, 6) is 0.0863. The Bertz CT molecular complexity index is 442. The standard InChI is InChI=1S/C15H21BrN2O/c1-17-15(9-5-2-6-10-15)11-14(19)18-13-8-4-3-7-12(13)16/h3-4,7-8,17H,2,5-6,9-11H2,1H3,(H,18,19). The van der Waals surface area contributed by atoms with Crippen LogP contribution < -0.4 is 10.6 Å². The molecule has 0 unspecified atom stereocenters. The maximum atomic E-state index is 12.2. The van der Waals surface area contributed by atoms with Crippen molar-refractivity contribution in [2.24, 2.45) is 0 Å². The monoisotopic (exact) mass is 324 g/mol. The van der Waals surface area contributed by atoms with Gasteiger partial charge in [0.05, 0.1) is 5.69 Å². The fourth-order valence-electron chi connectivity index (χ4n) is 2.81. The molecule has 0 aromatic heterocycles. The summed E-state index contributed by atoms with van der Waals surface area (Å²) in [6.45, 7) is 0. The van der Waals surface area contributed by atoms with Gasteiger partial charge in [-0.1, -0.05) is 31.4 Å². The summed E-state index contributed by atoms with van der Waals surface area (Å²) in [6.07, 6.45) is 6.44. The highest BCUT2D eigenvalue weighted by molar-refractivity contribution is 9.10. The van der Waals surface area contributed by atoms with Gasteiger partial charge in [-0.25, -0.2) is 0 Å². The van der Waals surface area contributed by atoms with Gasteiger partial charge in [0.1, 0.15) is 0 Å². The Morgan fingerprint density at radius 3 is 2.58 bits per heavy atom. The molecule has 4 heteroatoms. The molecule has 1 fully saturated rings. The maximum absolute atomic E-state index is 12.2. The smallest absolute Gasteiger partial charge is 0.226 e. The third-order valence-electron chi connectivity index (χ3n) is 3.99. The molecule has 0 saturated heterocycles. The minimum atomic E-state index is -0.0103. The molecule has 0 radical (unpaired) electrons. The molecule has 2 rings (SSSR count). The van der Waals surface area contributed by atoms with Gasteiger partial charge in [-0.3, -0.25) is 4.79 Å². The normalized spacial score (nSPS) is 18.0. The van der Waals surface area contributed by atoms with E-state index in [2.05, 4.69) is 26.6 Å². The van der Waals surface area contributed by atoms with Crippen LogP contribution in [-0.4, -0.2) is 18.5 Å². The number of amides is 1. The number of nitrogens with one attached hydrogen (secondary N) is 2. The van der Waals surface area contributed by atoms with E-state index in [1.807, 2.05) is 31.3 Å². The summed E-state index contributed by atoms with van der Waals surface area (Å²) in [4.78, 5) is 12.2. The van der Waals surface area contributed by atoms with Gasteiger partial charge < -0.3 is 10.6 Å². The molecule has 1 aromatic rings. The van der Waals surface area contributed by atoms with Crippen LogP contribution in [0.3, 0.4) is 0 Å². The average molecular weight is 325 g/mol. The van der Waals surface area contributed by atoms with Crippen molar-refractivity contribution in [3.8, 4) is 0 Å². The van der Waals surface area contributed by atoms with Crippen LogP contribution in [0, 0.1) is 0 Å². The molecule has 0 spiro atoms. The van der Waals surface area contributed by atoms with E-state index in [4.69, 9.17) is 0 Å². The SMILES string of the molecule is CNC1(CC(=O)Nc2ccccc2Br)CCCCC1. The van der Waals surface area contributed by atoms with Crippen molar-refractivity contribution in [1.29, 1.82) is 0 Å². The summed E-state index contributed by atoms with van der Waals surface area (Å²) in [5.41, 5.74) is 0.832. The second-order valence-electron chi connectivity index (χ2n) is 5.30. The van der Waals surface area contributed by atoms with Crippen molar-refractivity contribution < 1.29 is 4.79 Å². The van der Waals surface area contributed by atoms with E-state index in [-0.39, 0.29) is 11.4 Å². The van der Waals surface area contributed by atoms with Crippen molar-refractivity contribution in [1.82, 2.24) is 5.32 Å². The maximum Gasteiger partial charge on any atom is 0.226 e. The van der Waals surface area contributed by atoms with Crippen LogP contribution in [0.4, 0.5) is 5.69 Å². The number of halogens is 1. The van der Waals surface area contributed by atoms with Crippen LogP contribution in [0.25, 0.3) is 0 Å². The van der Waals surface area contributed by atoms with Crippen LogP contribution in [0.1, 0.15) is 38.5 Å². The topological polar surface area (TPSA) is 41.1 Å². The Hall–Kier alpha value is -0.870. The minimum absolute atomic E-state index is 0.0103. The molecule has 0 aliphatic heterocycles. The van der Waals surface area contributed by atoms with Crippen molar-refractivity contribution in [2.75, 3.05) is 12.4 Å². The van der Waals surface area contributed by atoms with Crippen LogP contribution in [0.5, 0.6) is 0 Å². The quantitative estimate of drug-likeness (QED) is 0.886. The second-order valence-corrected chi connectivity index (χ2v) is 6.15. The average Bonchev–Trinajstić information content (AvgIpc) is 2.42. The van der Waals surface area contributed by atoms with E-state index in [0.29, 0.717) is 6.42 Å². The molecular formula is C15H21BrN2O. The summed E-state index contributed by atoms with van der Waals surface area (Å²) >= 11 is 3.45. The Kier molecular flexibility index (Phi) is 4.99. The predicted octanol–water partition coefficient (Wildman–Crippen LogP) is 3.70. The summed E-state index contributed by atoms with van der Waals surface area (Å²) in [7, 11) is 1.97. The van der Waals surface area contributed by atoms with Gasteiger partial charge in [0.25, 0.3) is 0 Å². The first-order valence-electron chi connectivity index (χ1n) is 6.88. The number of benzene rings is 1. The molecule has 3 nitrogen and oxygen atoms in total. The van der Waals surface area contributed by atoms with Gasteiger partial charge in [-0.15, -0.1) is 0 Å². The van der Waals surface area contributed by atoms with Gasteiger partial charge in [0, 0.05) is 16.4 Å². The van der Waals surface area contributed by atoms with Crippen LogP contribution in [0.15, 0.2) is 28.7 Å². The minimum Gasteiger partial charge on any atom is -0.325 e. The third-order valence-corrected chi connectivity index (χ3v) is 4.68. The van der Waals surface area contributed by atoms with E-state index >= 15 is 0 Å². The van der Waals surface area contributed by atoms with E-state index < -0.39 is 0 Å². The number of anilines is 1. The Balaban J connectivity index is 1.98. The van der Waals surface area contributed by atoms with Crippen molar-refractivity contribution >= 4 is 27.5 Å². The highest BCUT2D eigenvalue weighted by atomic mass is 79.9. The van der Waals surface area contributed by atoms with Gasteiger partial charge in [0.15, 0.2) is 0 Å². The molecule has 1 aromatic carbocycles. The summed E-state index contributed by atoms with van der Waals surface area (Å²) < 4.78 is 0.922. The first-order chi connectivity index (χ1) is 9.15. The van der Waals surface area contributed by atoms with Gasteiger partial charge in [0.2, 0.25) is 5.91 Å². The lowest BCUT2D eigenvalue weighted by Gasteiger charge is -2.36. The fourth-order valence-corrected chi connectivity index (χ4v) is 3.19. The highest BCUT2D eigenvalue weighted by Crippen LogP contribution is 2.31. The molecule has 2 N–H and O–H groups in total. The van der Waals surface area contributed by atoms with E-state index in [9.17, 15) is 4.79 Å². The molecule has 0 atom stereocenters. The van der Waals surface area contributed by atoms with Crippen LogP contribution in [-0.2, 0) is 4.79 Å². The zero-order valence-electron chi connectivity index (χ0n) is 11.3. The Labute approximate surface area is 123 Å². The van der Waals surface area contributed by atoms with Gasteiger partial charge in [-0.05, 0) is 48.0 Å². The van der Waals surface area contributed by atoms with Crippen molar-refractivity contribution in [2.45, 2.75) is 44.1 Å². The zero-order valence-corrected chi connectivity index (χ0v) is 12.9. The molecule has 1 aliphatic carbocycles. The lowest BCUT2D eigenvalue weighted by atomic mass is 9.79. The first-order valence-corrected chi connectivity index (χ1v) is 7.68. The Morgan fingerprint density at radius 1 is 1.26 bits per heavy atom. The second kappa shape index (κ2) is 6.53. The molecule has 1 amide bonds. The number of carbonyl (C=O) groups excluding carboxylic acids is 1. The zero-order chi connectivity index (χ0) is 13.7. The van der Waals surface area contributed by atoms with E-state index in [1.54, 1.807) is 0 Å². The fraction of sp³-hybridized carbons (Fsp3) is 0.533. The molecule has 0 bridgehead atoms. The van der Waals surface area contributed by atoms with Crippen molar-refractivity contribution in [3.05, 3.63) is 28.7 Å². The predicted molar refractivity (Wildman–Crippen MR) is 82.3 cm³/mol. The highest BCUT2D eigenvalue weighted by Gasteiger charge is 2.32. The van der Waals surface area contributed by atoms with E-state index in [1.165, 1.54) is 19.3 Å². The van der Waals surface area contributed by atoms with Crippen LogP contribution >= 0.6 is 15.9 Å². The number of rotatable bonds is 4. The van der Waals surface area contributed by atoms with Gasteiger partial charge >= 0.3 is 0 Å². The van der Waals surface area contributed by atoms with E-state index in [0.717, 1.165) is 23.0 Å². The molecule has 19 heavy (non-hydrogen) atoms. The largest absolute Gasteiger partial charge is 0.325 e. The third kappa shape index (κ3) is 3.80. The van der Waals surface area contributed by atoms with Crippen molar-refractivity contribution in [3.63, 3.8) is 0 Å². The van der Waals surface area contributed by atoms with Gasteiger partial charge in [-0.2, -0.15) is 0 Å². The Morgan fingerprint density at radius 2 is 1.95 bits per heavy atom. The first kappa shape index (κ1) is 14.5. The summed E-state index contributed by atoms with van der Waals surface area (Å²) in [5, 5.41) is 6.37. The number of hydrogen-bond acceptors (Lipinski definition) is 2. The molecule has 0 heterocycles. The number of carbonyl (C=O) groups is 1. The van der Waals surface area contributed by atoms with Crippen LogP contribution in [0.2, 0.25) is 0 Å². The lowest BCUT2D eigenvalue weighted by Crippen LogP contribution is -2.47.